The van der Waals surface area contributed by atoms with E-state index in [2.05, 4.69) is 4.98 Å². The van der Waals surface area contributed by atoms with E-state index in [9.17, 15) is 19.7 Å². The van der Waals surface area contributed by atoms with Crippen molar-refractivity contribution in [2.45, 2.75) is 0 Å². The maximum Gasteiger partial charge on any atom is 0.268 e. The highest BCUT2D eigenvalue weighted by Crippen LogP contribution is 2.35. The number of H-pyrrole nitrogens is 1. The Labute approximate surface area is 153 Å². The van der Waals surface area contributed by atoms with Crippen LogP contribution in [0.15, 0.2) is 47.3 Å². The number of nitrogens with zero attached hydrogens (tertiary/aromatic N) is 2. The van der Waals surface area contributed by atoms with Crippen LogP contribution in [-0.2, 0) is 0 Å². The average Bonchev–Trinajstić information content (AvgIpc) is 2.67. The third kappa shape index (κ3) is 3.10. The Morgan fingerprint density at radius 3 is 2.44 bits per heavy atom. The van der Waals surface area contributed by atoms with Gasteiger partial charge in [-0.05, 0) is 35.4 Å². The van der Waals surface area contributed by atoms with Gasteiger partial charge in [-0.25, -0.2) is 4.39 Å². The lowest BCUT2D eigenvalue weighted by atomic mass is 9.93. The first-order chi connectivity index (χ1) is 13.0. The van der Waals surface area contributed by atoms with Gasteiger partial charge in [0.25, 0.3) is 5.56 Å². The molecule has 3 rings (SSSR count). The van der Waals surface area contributed by atoms with Gasteiger partial charge in [0.2, 0.25) is 0 Å². The van der Waals surface area contributed by atoms with Crippen LogP contribution in [0.1, 0.15) is 11.1 Å². The number of nitrogens with two attached hydrogens (primary N) is 1. The second-order valence-electron chi connectivity index (χ2n) is 5.64. The number of aromatic amines is 1. The SMILES string of the molecule is COc1ccc(F)cc1-c1cccc(-c2c(C#N)c(N)[nH]c(=O)c2C#N)c1. The Morgan fingerprint density at radius 1 is 1.07 bits per heavy atom. The van der Waals surface area contributed by atoms with Crippen molar-refractivity contribution in [3.63, 3.8) is 0 Å². The van der Waals surface area contributed by atoms with Gasteiger partial charge in [-0.2, -0.15) is 10.5 Å². The topological polar surface area (TPSA) is 116 Å². The molecule has 0 aliphatic heterocycles. The largest absolute Gasteiger partial charge is 0.496 e. The number of ether oxygens (including phenoxy) is 1. The summed E-state index contributed by atoms with van der Waals surface area (Å²) in [7, 11) is 1.47. The van der Waals surface area contributed by atoms with Gasteiger partial charge >= 0.3 is 0 Å². The van der Waals surface area contributed by atoms with E-state index in [-0.39, 0.29) is 22.5 Å². The number of benzene rings is 2. The molecular weight excluding hydrogens is 347 g/mol. The zero-order chi connectivity index (χ0) is 19.6. The minimum atomic E-state index is -0.683. The Hall–Kier alpha value is -4.10. The lowest BCUT2D eigenvalue weighted by Crippen LogP contribution is -2.16. The molecule has 1 heterocycles. The molecule has 0 amide bonds. The average molecular weight is 360 g/mol. The summed E-state index contributed by atoms with van der Waals surface area (Å²) in [6.07, 6.45) is 0. The Morgan fingerprint density at radius 2 is 1.78 bits per heavy atom. The van der Waals surface area contributed by atoms with E-state index in [0.29, 0.717) is 22.4 Å². The number of halogens is 1. The van der Waals surface area contributed by atoms with Gasteiger partial charge in [0.05, 0.1) is 7.11 Å². The third-order valence-electron chi connectivity index (χ3n) is 4.09. The van der Waals surface area contributed by atoms with Gasteiger partial charge in [-0.3, -0.25) is 4.79 Å². The summed E-state index contributed by atoms with van der Waals surface area (Å²) in [5.41, 5.74) is 6.51. The Balaban J connectivity index is 2.31. The van der Waals surface area contributed by atoms with E-state index in [1.807, 2.05) is 12.1 Å². The molecular formula is C20H13FN4O2. The first-order valence-electron chi connectivity index (χ1n) is 7.80. The molecule has 0 radical (unpaired) electrons. The van der Waals surface area contributed by atoms with Gasteiger partial charge in [-0.1, -0.05) is 18.2 Å². The zero-order valence-electron chi connectivity index (χ0n) is 14.2. The maximum atomic E-state index is 13.7. The van der Waals surface area contributed by atoms with Crippen LogP contribution >= 0.6 is 0 Å². The summed E-state index contributed by atoms with van der Waals surface area (Å²) in [5.74, 6) is -0.0998. The van der Waals surface area contributed by atoms with Crippen molar-refractivity contribution >= 4 is 5.82 Å². The smallest absolute Gasteiger partial charge is 0.268 e. The van der Waals surface area contributed by atoms with E-state index < -0.39 is 11.4 Å². The highest BCUT2D eigenvalue weighted by atomic mass is 19.1. The van der Waals surface area contributed by atoms with Crippen LogP contribution in [0, 0.1) is 28.5 Å². The fourth-order valence-corrected chi connectivity index (χ4v) is 2.88. The number of hydrogen-bond acceptors (Lipinski definition) is 5. The van der Waals surface area contributed by atoms with Crippen molar-refractivity contribution in [3.05, 3.63) is 69.8 Å². The molecule has 0 aliphatic carbocycles. The first-order valence-corrected chi connectivity index (χ1v) is 7.80. The van der Waals surface area contributed by atoms with Gasteiger partial charge < -0.3 is 15.5 Å². The second kappa shape index (κ2) is 7.03. The quantitative estimate of drug-likeness (QED) is 0.744. The van der Waals surface area contributed by atoms with Crippen molar-refractivity contribution in [1.82, 2.24) is 4.98 Å². The summed E-state index contributed by atoms with van der Waals surface area (Å²) in [6.45, 7) is 0. The van der Waals surface area contributed by atoms with Crippen LogP contribution in [0.5, 0.6) is 5.75 Å². The molecule has 6 nitrogen and oxygen atoms in total. The summed E-state index contributed by atoms with van der Waals surface area (Å²) in [6, 6.07) is 14.5. The van der Waals surface area contributed by atoms with Gasteiger partial charge in [0, 0.05) is 11.1 Å². The summed E-state index contributed by atoms with van der Waals surface area (Å²) in [5, 5.41) is 18.8. The molecule has 27 heavy (non-hydrogen) atoms. The fraction of sp³-hybridized carbons (Fsp3) is 0.0500. The lowest BCUT2D eigenvalue weighted by Gasteiger charge is -2.12. The molecule has 0 atom stereocenters. The second-order valence-corrected chi connectivity index (χ2v) is 5.64. The third-order valence-corrected chi connectivity index (χ3v) is 4.09. The number of anilines is 1. The fourth-order valence-electron chi connectivity index (χ4n) is 2.88. The molecule has 7 heteroatoms. The molecule has 132 valence electrons. The standard InChI is InChI=1S/C20H13FN4O2/c1-27-17-6-5-13(21)8-14(17)11-3-2-4-12(7-11)18-15(9-22)19(24)25-20(26)16(18)10-23/h2-8H,1H3,(H3,24,25,26). The molecule has 2 aromatic carbocycles. The first kappa shape index (κ1) is 17.7. The number of aromatic nitrogens is 1. The molecule has 0 bridgehead atoms. The molecule has 0 saturated carbocycles. The molecule has 0 aliphatic rings. The van der Waals surface area contributed by atoms with Crippen molar-refractivity contribution in [2.24, 2.45) is 0 Å². The van der Waals surface area contributed by atoms with Crippen molar-refractivity contribution in [2.75, 3.05) is 12.8 Å². The van der Waals surface area contributed by atoms with E-state index in [0.717, 1.165) is 0 Å². The summed E-state index contributed by atoms with van der Waals surface area (Å²) < 4.78 is 19.0. The predicted octanol–water partition coefficient (Wildman–Crippen LogP) is 3.18. The number of pyridine rings is 1. The lowest BCUT2D eigenvalue weighted by molar-refractivity contribution is 0.415. The van der Waals surface area contributed by atoms with Crippen molar-refractivity contribution in [3.8, 4) is 40.1 Å². The number of nitrogen functional groups attached to an aromatic ring is 1. The number of nitriles is 2. The Kier molecular flexibility index (Phi) is 4.61. The number of methoxy groups -OCH3 is 1. The molecule has 0 fully saturated rings. The van der Waals surface area contributed by atoms with E-state index in [1.165, 1.54) is 25.3 Å². The van der Waals surface area contributed by atoms with Crippen LogP contribution in [0.3, 0.4) is 0 Å². The van der Waals surface area contributed by atoms with E-state index in [4.69, 9.17) is 10.5 Å². The van der Waals surface area contributed by atoms with E-state index in [1.54, 1.807) is 24.3 Å². The monoisotopic (exact) mass is 360 g/mol. The molecule has 0 saturated heterocycles. The highest BCUT2D eigenvalue weighted by molar-refractivity contribution is 5.83. The molecule has 3 N–H and O–H groups in total. The number of hydrogen-bond donors (Lipinski definition) is 2. The van der Waals surface area contributed by atoms with Crippen LogP contribution in [0.4, 0.5) is 10.2 Å². The van der Waals surface area contributed by atoms with Gasteiger partial charge in [0.15, 0.2) is 0 Å². The minimum absolute atomic E-state index is 0.00509. The minimum Gasteiger partial charge on any atom is -0.496 e. The van der Waals surface area contributed by atoms with Crippen molar-refractivity contribution < 1.29 is 9.13 Å². The Bertz CT molecular complexity index is 1190. The molecule has 0 unspecified atom stereocenters. The van der Waals surface area contributed by atoms with Crippen LogP contribution in [0.25, 0.3) is 22.3 Å². The van der Waals surface area contributed by atoms with Crippen molar-refractivity contribution in [1.29, 1.82) is 10.5 Å². The van der Waals surface area contributed by atoms with Gasteiger partial charge in [-0.15, -0.1) is 0 Å². The number of rotatable bonds is 3. The normalized spacial score (nSPS) is 10.1. The number of nitrogens with one attached hydrogen (secondary N) is 1. The molecule has 0 spiro atoms. The van der Waals surface area contributed by atoms with E-state index >= 15 is 0 Å². The van der Waals surface area contributed by atoms with Crippen LogP contribution < -0.4 is 16.0 Å². The van der Waals surface area contributed by atoms with Crippen LogP contribution in [0.2, 0.25) is 0 Å². The molecule has 1 aromatic heterocycles. The van der Waals surface area contributed by atoms with Crippen LogP contribution in [-0.4, -0.2) is 12.1 Å². The predicted molar refractivity (Wildman–Crippen MR) is 98.3 cm³/mol. The molecule has 3 aromatic rings. The zero-order valence-corrected chi connectivity index (χ0v) is 14.2. The summed E-state index contributed by atoms with van der Waals surface area (Å²) >= 11 is 0. The van der Waals surface area contributed by atoms with Gasteiger partial charge in [0.1, 0.15) is 40.6 Å². The summed E-state index contributed by atoms with van der Waals surface area (Å²) in [4.78, 5) is 14.4. The highest BCUT2D eigenvalue weighted by Gasteiger charge is 2.19. The maximum absolute atomic E-state index is 13.7.